The van der Waals surface area contributed by atoms with E-state index in [-0.39, 0.29) is 0 Å². The van der Waals surface area contributed by atoms with Gasteiger partial charge in [-0.3, -0.25) is 4.79 Å². The van der Waals surface area contributed by atoms with E-state index in [9.17, 15) is 4.79 Å². The third kappa shape index (κ3) is 2.73. The molecule has 0 unspecified atom stereocenters. The summed E-state index contributed by atoms with van der Waals surface area (Å²) >= 11 is 7.60. The Bertz CT molecular complexity index is 860. The van der Waals surface area contributed by atoms with Gasteiger partial charge < -0.3 is 5.73 Å². The number of hydrogen-bond acceptors (Lipinski definition) is 4. The zero-order chi connectivity index (χ0) is 15.7. The van der Waals surface area contributed by atoms with Gasteiger partial charge in [0.1, 0.15) is 10.7 Å². The van der Waals surface area contributed by atoms with Crippen molar-refractivity contribution in [3.05, 3.63) is 58.1 Å². The fourth-order valence-electron chi connectivity index (χ4n) is 2.09. The molecule has 0 saturated carbocycles. The highest BCUT2D eigenvalue weighted by atomic mass is 35.5. The van der Waals surface area contributed by atoms with Crippen molar-refractivity contribution in [3.63, 3.8) is 0 Å². The second-order valence-corrected chi connectivity index (χ2v) is 6.00. The summed E-state index contributed by atoms with van der Waals surface area (Å²) in [5.74, 6) is -0.517. The second kappa shape index (κ2) is 5.87. The molecule has 1 aromatic carbocycles. The number of aromatic nitrogens is 2. The van der Waals surface area contributed by atoms with Crippen molar-refractivity contribution in [2.75, 3.05) is 0 Å². The van der Waals surface area contributed by atoms with Crippen LogP contribution in [-0.4, -0.2) is 15.9 Å². The van der Waals surface area contributed by atoms with Gasteiger partial charge in [0.2, 0.25) is 0 Å². The molecule has 6 heteroatoms. The van der Waals surface area contributed by atoms with Crippen LogP contribution in [0.2, 0.25) is 5.02 Å². The number of primary amides is 1. The van der Waals surface area contributed by atoms with Gasteiger partial charge in [-0.15, -0.1) is 11.3 Å². The Morgan fingerprint density at radius 1 is 1.18 bits per heavy atom. The maximum atomic E-state index is 11.6. The molecule has 0 saturated heterocycles. The fourth-order valence-corrected chi connectivity index (χ4v) is 3.15. The van der Waals surface area contributed by atoms with Crippen LogP contribution in [0.25, 0.3) is 22.0 Å². The van der Waals surface area contributed by atoms with Crippen LogP contribution in [0.4, 0.5) is 0 Å². The summed E-state index contributed by atoms with van der Waals surface area (Å²) in [4.78, 5) is 20.5. The SMILES string of the molecule is Cc1ccc(C(N)=O)c(-c2nc(-c3ccccc3Cl)cs2)n1. The number of nitrogens with two attached hydrogens (primary N) is 1. The van der Waals surface area contributed by atoms with Crippen molar-refractivity contribution in [1.82, 2.24) is 9.97 Å². The van der Waals surface area contributed by atoms with E-state index >= 15 is 0 Å². The van der Waals surface area contributed by atoms with Crippen LogP contribution in [0.15, 0.2) is 41.8 Å². The highest BCUT2D eigenvalue weighted by molar-refractivity contribution is 7.13. The Morgan fingerprint density at radius 3 is 2.68 bits per heavy atom. The predicted molar refractivity (Wildman–Crippen MR) is 89.0 cm³/mol. The van der Waals surface area contributed by atoms with E-state index in [1.54, 1.807) is 12.1 Å². The molecule has 0 aliphatic rings. The second-order valence-electron chi connectivity index (χ2n) is 4.73. The standard InChI is InChI=1S/C16H12ClN3OS/c1-9-6-7-11(15(18)21)14(19-9)16-20-13(8-22-16)10-4-2-3-5-12(10)17/h2-8H,1H3,(H2,18,21). The smallest absolute Gasteiger partial charge is 0.251 e. The Morgan fingerprint density at radius 2 is 1.95 bits per heavy atom. The van der Waals surface area contributed by atoms with Crippen LogP contribution in [0.5, 0.6) is 0 Å². The van der Waals surface area contributed by atoms with Gasteiger partial charge in [0.05, 0.1) is 11.3 Å². The molecule has 0 radical (unpaired) electrons. The lowest BCUT2D eigenvalue weighted by atomic mass is 10.1. The van der Waals surface area contributed by atoms with E-state index in [1.165, 1.54) is 11.3 Å². The maximum absolute atomic E-state index is 11.6. The lowest BCUT2D eigenvalue weighted by Gasteiger charge is -2.04. The summed E-state index contributed by atoms with van der Waals surface area (Å²) in [6.07, 6.45) is 0. The Balaban J connectivity index is 2.11. The molecule has 0 spiro atoms. The summed E-state index contributed by atoms with van der Waals surface area (Å²) in [5.41, 5.74) is 8.70. The average Bonchev–Trinajstić information content (AvgIpc) is 2.97. The number of aryl methyl sites for hydroxylation is 1. The quantitative estimate of drug-likeness (QED) is 0.791. The first-order valence-corrected chi connectivity index (χ1v) is 7.80. The van der Waals surface area contributed by atoms with Crippen molar-refractivity contribution in [2.24, 2.45) is 5.73 Å². The van der Waals surface area contributed by atoms with Crippen LogP contribution in [0.1, 0.15) is 16.1 Å². The van der Waals surface area contributed by atoms with Gasteiger partial charge in [-0.2, -0.15) is 0 Å². The normalized spacial score (nSPS) is 10.6. The highest BCUT2D eigenvalue weighted by Crippen LogP contribution is 2.33. The summed E-state index contributed by atoms with van der Waals surface area (Å²) in [5, 5.41) is 3.17. The van der Waals surface area contributed by atoms with E-state index < -0.39 is 5.91 Å². The van der Waals surface area contributed by atoms with Crippen LogP contribution >= 0.6 is 22.9 Å². The van der Waals surface area contributed by atoms with E-state index in [1.807, 2.05) is 36.6 Å². The summed E-state index contributed by atoms with van der Waals surface area (Å²) in [7, 11) is 0. The number of carbonyl (C=O) groups is 1. The van der Waals surface area contributed by atoms with Gasteiger partial charge in [-0.25, -0.2) is 9.97 Å². The first kappa shape index (κ1) is 14.7. The van der Waals surface area contributed by atoms with Gasteiger partial charge in [-0.05, 0) is 25.1 Å². The molecule has 2 aromatic heterocycles. The van der Waals surface area contributed by atoms with Gasteiger partial charge in [0.15, 0.2) is 0 Å². The van der Waals surface area contributed by atoms with Crippen LogP contribution in [0, 0.1) is 6.92 Å². The molecule has 2 N–H and O–H groups in total. The first-order valence-electron chi connectivity index (χ1n) is 6.54. The molecule has 2 heterocycles. The lowest BCUT2D eigenvalue weighted by molar-refractivity contribution is 0.100. The number of halogens is 1. The average molecular weight is 330 g/mol. The molecule has 0 aliphatic heterocycles. The number of thiazole rings is 1. The van der Waals surface area contributed by atoms with E-state index in [2.05, 4.69) is 9.97 Å². The summed E-state index contributed by atoms with van der Waals surface area (Å²) in [6.45, 7) is 1.86. The van der Waals surface area contributed by atoms with Crippen molar-refractivity contribution >= 4 is 28.8 Å². The molecule has 1 amide bonds. The van der Waals surface area contributed by atoms with Gasteiger partial charge in [-0.1, -0.05) is 29.8 Å². The number of carbonyl (C=O) groups excluding carboxylic acids is 1. The summed E-state index contributed by atoms with van der Waals surface area (Å²) in [6, 6.07) is 10.9. The van der Waals surface area contributed by atoms with E-state index in [0.717, 1.165) is 17.0 Å². The van der Waals surface area contributed by atoms with E-state index in [4.69, 9.17) is 17.3 Å². The van der Waals surface area contributed by atoms with Crippen LogP contribution in [0.3, 0.4) is 0 Å². The molecular formula is C16H12ClN3OS. The summed E-state index contributed by atoms with van der Waals surface area (Å²) < 4.78 is 0. The third-order valence-corrected chi connectivity index (χ3v) is 4.34. The minimum absolute atomic E-state index is 0.366. The number of hydrogen-bond donors (Lipinski definition) is 1. The Labute approximate surface area is 136 Å². The lowest BCUT2D eigenvalue weighted by Crippen LogP contribution is -2.13. The molecule has 0 atom stereocenters. The van der Waals surface area contributed by atoms with Crippen LogP contribution < -0.4 is 5.73 Å². The largest absolute Gasteiger partial charge is 0.366 e. The van der Waals surface area contributed by atoms with Crippen molar-refractivity contribution in [3.8, 4) is 22.0 Å². The number of amides is 1. The Kier molecular flexibility index (Phi) is 3.92. The molecule has 3 aromatic rings. The van der Waals surface area contributed by atoms with Crippen LogP contribution in [-0.2, 0) is 0 Å². The number of rotatable bonds is 3. The van der Waals surface area contributed by atoms with Gasteiger partial charge in [0, 0.05) is 21.7 Å². The maximum Gasteiger partial charge on any atom is 0.251 e. The van der Waals surface area contributed by atoms with Gasteiger partial charge in [0.25, 0.3) is 5.91 Å². The minimum atomic E-state index is -0.517. The fraction of sp³-hybridized carbons (Fsp3) is 0.0625. The molecule has 0 aliphatic carbocycles. The topological polar surface area (TPSA) is 68.9 Å². The molecule has 0 fully saturated rings. The monoisotopic (exact) mass is 329 g/mol. The number of pyridine rings is 1. The molecule has 0 bridgehead atoms. The van der Waals surface area contributed by atoms with Gasteiger partial charge >= 0.3 is 0 Å². The zero-order valence-electron chi connectivity index (χ0n) is 11.7. The van der Waals surface area contributed by atoms with Crippen molar-refractivity contribution in [2.45, 2.75) is 6.92 Å². The van der Waals surface area contributed by atoms with E-state index in [0.29, 0.717) is 21.3 Å². The minimum Gasteiger partial charge on any atom is -0.366 e. The number of nitrogens with zero attached hydrogens (tertiary/aromatic N) is 2. The predicted octanol–water partition coefficient (Wildman–Crippen LogP) is 3.93. The molecule has 110 valence electrons. The first-order chi connectivity index (χ1) is 10.6. The van der Waals surface area contributed by atoms with Crippen molar-refractivity contribution in [1.29, 1.82) is 0 Å². The molecule has 22 heavy (non-hydrogen) atoms. The van der Waals surface area contributed by atoms with Crippen molar-refractivity contribution < 1.29 is 4.79 Å². The molecule has 3 rings (SSSR count). The molecule has 4 nitrogen and oxygen atoms in total. The Hall–Kier alpha value is -2.24. The highest BCUT2D eigenvalue weighted by Gasteiger charge is 2.16. The number of benzene rings is 1. The third-order valence-electron chi connectivity index (χ3n) is 3.16. The molecular weight excluding hydrogens is 318 g/mol. The zero-order valence-corrected chi connectivity index (χ0v) is 13.3.